The zero-order valence-electron chi connectivity index (χ0n) is 14.4. The SMILES string of the molecule is CN(CCCc1cc(-c2ccccc2)no1)S(=O)(=O)C1CCOCC1. The summed E-state index contributed by atoms with van der Waals surface area (Å²) in [6.45, 7) is 1.52. The topological polar surface area (TPSA) is 72.6 Å². The Morgan fingerprint density at radius 3 is 2.64 bits per heavy atom. The minimum atomic E-state index is -3.25. The molecule has 0 atom stereocenters. The molecule has 7 heteroatoms. The molecular weight excluding hydrogens is 340 g/mol. The molecule has 1 aliphatic heterocycles. The fraction of sp³-hybridized carbons (Fsp3) is 0.500. The third kappa shape index (κ3) is 4.48. The summed E-state index contributed by atoms with van der Waals surface area (Å²) in [5.74, 6) is 0.774. The standard InChI is InChI=1S/C18H24N2O4S/c1-20(25(21,22)17-9-12-23-13-10-17)11-5-8-16-14-18(19-24-16)15-6-3-2-4-7-15/h2-4,6-7,14,17H,5,8-13H2,1H3. The molecule has 3 rings (SSSR count). The van der Waals surface area contributed by atoms with E-state index in [1.54, 1.807) is 7.05 Å². The lowest BCUT2D eigenvalue weighted by Gasteiger charge is -2.27. The first-order valence-corrected chi connectivity index (χ1v) is 10.1. The van der Waals surface area contributed by atoms with E-state index in [4.69, 9.17) is 9.26 Å². The number of aryl methyl sites for hydroxylation is 1. The molecule has 25 heavy (non-hydrogen) atoms. The summed E-state index contributed by atoms with van der Waals surface area (Å²) < 4.78 is 37.2. The van der Waals surface area contributed by atoms with Crippen LogP contribution in [-0.4, -0.2) is 49.9 Å². The quantitative estimate of drug-likeness (QED) is 0.755. The molecule has 1 aliphatic rings. The van der Waals surface area contributed by atoms with Gasteiger partial charge < -0.3 is 9.26 Å². The Morgan fingerprint density at radius 1 is 1.20 bits per heavy atom. The highest BCUT2D eigenvalue weighted by atomic mass is 32.2. The molecular formula is C18H24N2O4S. The highest BCUT2D eigenvalue weighted by Crippen LogP contribution is 2.21. The van der Waals surface area contributed by atoms with Gasteiger partial charge in [-0.2, -0.15) is 0 Å². The zero-order chi connectivity index (χ0) is 17.7. The molecule has 0 saturated carbocycles. The molecule has 1 aromatic heterocycles. The van der Waals surface area contributed by atoms with Gasteiger partial charge in [0.2, 0.25) is 10.0 Å². The summed E-state index contributed by atoms with van der Waals surface area (Å²) >= 11 is 0. The maximum atomic E-state index is 12.6. The Hall–Kier alpha value is -1.70. The largest absolute Gasteiger partial charge is 0.381 e. The molecule has 6 nitrogen and oxygen atoms in total. The fourth-order valence-electron chi connectivity index (χ4n) is 3.01. The number of aromatic nitrogens is 1. The van der Waals surface area contributed by atoms with Crippen molar-refractivity contribution >= 4 is 10.0 Å². The normalized spacial score (nSPS) is 16.4. The summed E-state index contributed by atoms with van der Waals surface area (Å²) in [5.41, 5.74) is 1.82. The Morgan fingerprint density at radius 2 is 1.92 bits per heavy atom. The van der Waals surface area contributed by atoms with Crippen LogP contribution in [0.1, 0.15) is 25.0 Å². The van der Waals surface area contributed by atoms with E-state index >= 15 is 0 Å². The number of nitrogens with zero attached hydrogens (tertiary/aromatic N) is 2. The second-order valence-corrected chi connectivity index (χ2v) is 8.65. The van der Waals surface area contributed by atoms with Crippen molar-refractivity contribution in [1.82, 2.24) is 9.46 Å². The molecule has 1 aromatic carbocycles. The summed E-state index contributed by atoms with van der Waals surface area (Å²) in [7, 11) is -1.59. The lowest BCUT2D eigenvalue weighted by Crippen LogP contribution is -2.39. The molecule has 0 N–H and O–H groups in total. The van der Waals surface area contributed by atoms with Crippen molar-refractivity contribution < 1.29 is 17.7 Å². The second-order valence-electron chi connectivity index (χ2n) is 6.33. The van der Waals surface area contributed by atoms with E-state index < -0.39 is 10.0 Å². The van der Waals surface area contributed by atoms with Gasteiger partial charge in [0.25, 0.3) is 0 Å². The summed E-state index contributed by atoms with van der Waals surface area (Å²) in [6.07, 6.45) is 2.51. The molecule has 0 radical (unpaired) electrons. The molecule has 1 fully saturated rings. The van der Waals surface area contributed by atoms with E-state index in [1.807, 2.05) is 36.4 Å². The van der Waals surface area contributed by atoms with Crippen LogP contribution in [0.5, 0.6) is 0 Å². The molecule has 0 spiro atoms. The maximum Gasteiger partial charge on any atom is 0.216 e. The summed E-state index contributed by atoms with van der Waals surface area (Å²) in [6, 6.07) is 11.8. The Balaban J connectivity index is 1.52. The van der Waals surface area contributed by atoms with Crippen molar-refractivity contribution in [2.75, 3.05) is 26.8 Å². The Labute approximate surface area is 148 Å². The maximum absolute atomic E-state index is 12.6. The van der Waals surface area contributed by atoms with E-state index in [-0.39, 0.29) is 5.25 Å². The van der Waals surface area contributed by atoms with Gasteiger partial charge in [0.15, 0.2) is 0 Å². The van der Waals surface area contributed by atoms with Gasteiger partial charge in [0.1, 0.15) is 11.5 Å². The molecule has 0 amide bonds. The average Bonchev–Trinajstić information content (AvgIpc) is 3.12. The lowest BCUT2D eigenvalue weighted by atomic mass is 10.1. The van der Waals surface area contributed by atoms with Crippen LogP contribution in [0, 0.1) is 0 Å². The number of sulfonamides is 1. The van der Waals surface area contributed by atoms with Gasteiger partial charge in [-0.1, -0.05) is 35.5 Å². The first-order valence-electron chi connectivity index (χ1n) is 8.61. The van der Waals surface area contributed by atoms with Gasteiger partial charge in [0.05, 0.1) is 5.25 Å². The predicted molar refractivity (Wildman–Crippen MR) is 95.7 cm³/mol. The van der Waals surface area contributed by atoms with Crippen LogP contribution >= 0.6 is 0 Å². The molecule has 136 valence electrons. The van der Waals surface area contributed by atoms with Crippen LogP contribution in [0.15, 0.2) is 40.9 Å². The fourth-order valence-corrected chi connectivity index (χ4v) is 4.69. The van der Waals surface area contributed by atoms with Crippen molar-refractivity contribution in [2.24, 2.45) is 0 Å². The highest BCUT2D eigenvalue weighted by molar-refractivity contribution is 7.89. The van der Waals surface area contributed by atoms with Crippen molar-refractivity contribution in [3.8, 4) is 11.3 Å². The lowest BCUT2D eigenvalue weighted by molar-refractivity contribution is 0.0974. The Kier molecular flexibility index (Phi) is 5.88. The number of benzene rings is 1. The van der Waals surface area contributed by atoms with E-state index in [2.05, 4.69) is 5.16 Å². The molecule has 2 heterocycles. The number of rotatable bonds is 7. The molecule has 2 aromatic rings. The molecule has 0 bridgehead atoms. The van der Waals surface area contributed by atoms with Crippen molar-refractivity contribution in [2.45, 2.75) is 30.9 Å². The minimum absolute atomic E-state index is 0.318. The van der Waals surface area contributed by atoms with Gasteiger partial charge in [-0.05, 0) is 19.3 Å². The third-order valence-corrected chi connectivity index (χ3v) is 6.91. The van der Waals surface area contributed by atoms with E-state index in [0.717, 1.165) is 17.0 Å². The van der Waals surface area contributed by atoms with Gasteiger partial charge in [-0.25, -0.2) is 12.7 Å². The van der Waals surface area contributed by atoms with Crippen LogP contribution in [0.3, 0.4) is 0 Å². The second kappa shape index (κ2) is 8.12. The number of ether oxygens (including phenoxy) is 1. The van der Waals surface area contributed by atoms with Crippen LogP contribution in [0.25, 0.3) is 11.3 Å². The average molecular weight is 364 g/mol. The number of hydrogen-bond acceptors (Lipinski definition) is 5. The summed E-state index contributed by atoms with van der Waals surface area (Å²) in [5, 5.41) is 3.77. The van der Waals surface area contributed by atoms with Gasteiger partial charge >= 0.3 is 0 Å². The first kappa shape index (κ1) is 18.1. The summed E-state index contributed by atoms with van der Waals surface area (Å²) in [4.78, 5) is 0. The van der Waals surface area contributed by atoms with Crippen LogP contribution < -0.4 is 0 Å². The predicted octanol–water partition coefficient (Wildman–Crippen LogP) is 2.71. The van der Waals surface area contributed by atoms with Crippen molar-refractivity contribution in [3.05, 3.63) is 42.2 Å². The monoisotopic (exact) mass is 364 g/mol. The van der Waals surface area contributed by atoms with Crippen LogP contribution in [0.2, 0.25) is 0 Å². The van der Waals surface area contributed by atoms with Crippen molar-refractivity contribution in [1.29, 1.82) is 0 Å². The molecule has 0 unspecified atom stereocenters. The first-order chi connectivity index (χ1) is 12.1. The highest BCUT2D eigenvalue weighted by Gasteiger charge is 2.30. The third-order valence-electron chi connectivity index (χ3n) is 4.55. The smallest absolute Gasteiger partial charge is 0.216 e. The van der Waals surface area contributed by atoms with E-state index in [9.17, 15) is 8.42 Å². The van der Waals surface area contributed by atoms with Crippen molar-refractivity contribution in [3.63, 3.8) is 0 Å². The van der Waals surface area contributed by atoms with E-state index in [0.29, 0.717) is 45.4 Å². The Bertz CT molecular complexity index is 767. The van der Waals surface area contributed by atoms with Crippen LogP contribution in [0.4, 0.5) is 0 Å². The van der Waals surface area contributed by atoms with Gasteiger partial charge in [-0.15, -0.1) is 0 Å². The number of hydrogen-bond donors (Lipinski definition) is 0. The van der Waals surface area contributed by atoms with Crippen LogP contribution in [-0.2, 0) is 21.2 Å². The molecule has 1 saturated heterocycles. The molecule has 0 aliphatic carbocycles. The van der Waals surface area contributed by atoms with E-state index in [1.165, 1.54) is 4.31 Å². The van der Waals surface area contributed by atoms with Gasteiger partial charge in [-0.3, -0.25) is 0 Å². The minimum Gasteiger partial charge on any atom is -0.381 e. The van der Waals surface area contributed by atoms with Gasteiger partial charge in [0, 0.05) is 44.9 Å². The zero-order valence-corrected chi connectivity index (χ0v) is 15.2.